The Morgan fingerprint density at radius 1 is 1.15 bits per heavy atom. The molecule has 0 radical (unpaired) electrons. The van der Waals surface area contributed by atoms with Gasteiger partial charge in [-0.25, -0.2) is 14.1 Å². The summed E-state index contributed by atoms with van der Waals surface area (Å²) in [4.78, 5) is 16.2. The second-order valence-corrected chi connectivity index (χ2v) is 7.54. The lowest BCUT2D eigenvalue weighted by Crippen LogP contribution is -2.17. The molecule has 34 heavy (non-hydrogen) atoms. The lowest BCUT2D eigenvalue weighted by atomic mass is 10.1. The number of benzene rings is 2. The fourth-order valence-electron chi connectivity index (χ4n) is 2.69. The minimum atomic E-state index is -4.59. The van der Waals surface area contributed by atoms with Crippen LogP contribution in [0.25, 0.3) is 5.69 Å². The SMILES string of the molecule is O=C(CSc1nnc(COc2ccc(F)cc2)o1)Nc1cc(C(F)(F)F)ccc1-n1cncn1. The maximum Gasteiger partial charge on any atom is 0.416 e. The average molecular weight is 494 g/mol. The quantitative estimate of drug-likeness (QED) is 0.288. The van der Waals surface area contributed by atoms with Gasteiger partial charge in [-0.3, -0.25) is 4.79 Å². The van der Waals surface area contributed by atoms with Crippen LogP contribution in [0.15, 0.2) is 64.8 Å². The molecular formula is C20H14F4N6O3S. The number of aromatic nitrogens is 5. The summed E-state index contributed by atoms with van der Waals surface area (Å²) < 4.78 is 64.3. The number of nitrogens with one attached hydrogen (secondary N) is 1. The van der Waals surface area contributed by atoms with E-state index < -0.39 is 23.5 Å². The summed E-state index contributed by atoms with van der Waals surface area (Å²) in [5.74, 6) is -0.697. The number of alkyl halides is 3. The number of nitrogens with zero attached hydrogens (tertiary/aromatic N) is 5. The molecule has 0 aliphatic carbocycles. The molecule has 0 atom stereocenters. The van der Waals surface area contributed by atoms with Crippen LogP contribution in [0.5, 0.6) is 5.75 Å². The molecule has 2 aromatic heterocycles. The molecule has 1 amide bonds. The maximum absolute atomic E-state index is 13.1. The van der Waals surface area contributed by atoms with Gasteiger partial charge in [0.15, 0.2) is 6.61 Å². The van der Waals surface area contributed by atoms with Gasteiger partial charge in [0.2, 0.25) is 5.91 Å². The minimum absolute atomic E-state index is 0.0633. The van der Waals surface area contributed by atoms with Crippen molar-refractivity contribution in [2.24, 2.45) is 0 Å². The van der Waals surface area contributed by atoms with Crippen LogP contribution in [0.1, 0.15) is 11.5 Å². The second kappa shape index (κ2) is 9.91. The van der Waals surface area contributed by atoms with E-state index in [1.807, 2.05) is 0 Å². The first-order valence-corrected chi connectivity index (χ1v) is 10.5. The molecule has 0 fully saturated rings. The second-order valence-electron chi connectivity index (χ2n) is 6.61. The van der Waals surface area contributed by atoms with Gasteiger partial charge in [0, 0.05) is 0 Å². The molecule has 0 bridgehead atoms. The fourth-order valence-corrected chi connectivity index (χ4v) is 3.27. The monoisotopic (exact) mass is 494 g/mol. The number of amides is 1. The number of carbonyl (C=O) groups excluding carboxylic acids is 1. The van der Waals surface area contributed by atoms with E-state index in [1.165, 1.54) is 47.7 Å². The van der Waals surface area contributed by atoms with Crippen molar-refractivity contribution in [2.75, 3.05) is 11.1 Å². The molecule has 0 saturated carbocycles. The van der Waals surface area contributed by atoms with E-state index in [2.05, 4.69) is 25.6 Å². The molecule has 0 aliphatic heterocycles. The average Bonchev–Trinajstić information content (AvgIpc) is 3.49. The van der Waals surface area contributed by atoms with E-state index in [0.717, 1.165) is 23.9 Å². The van der Waals surface area contributed by atoms with Crippen LogP contribution in [0.2, 0.25) is 0 Å². The zero-order valence-electron chi connectivity index (χ0n) is 17.0. The highest BCUT2D eigenvalue weighted by atomic mass is 32.2. The Kier molecular flexibility index (Phi) is 6.77. The van der Waals surface area contributed by atoms with Crippen LogP contribution in [-0.4, -0.2) is 36.6 Å². The van der Waals surface area contributed by atoms with Crippen LogP contribution in [0, 0.1) is 5.82 Å². The first kappa shape index (κ1) is 23.2. The number of ether oxygens (including phenoxy) is 1. The van der Waals surface area contributed by atoms with Crippen LogP contribution >= 0.6 is 11.8 Å². The predicted molar refractivity (Wildman–Crippen MR) is 111 cm³/mol. The minimum Gasteiger partial charge on any atom is -0.484 e. The maximum atomic E-state index is 13.1. The third kappa shape index (κ3) is 5.89. The number of rotatable bonds is 8. The first-order chi connectivity index (χ1) is 16.3. The summed E-state index contributed by atoms with van der Waals surface area (Å²) in [5, 5.41) is 14.0. The Labute approximate surface area is 193 Å². The highest BCUT2D eigenvalue weighted by Gasteiger charge is 2.31. The lowest BCUT2D eigenvalue weighted by molar-refractivity contribution is -0.137. The van der Waals surface area contributed by atoms with E-state index in [1.54, 1.807) is 0 Å². The van der Waals surface area contributed by atoms with Crippen molar-refractivity contribution in [2.45, 2.75) is 18.0 Å². The Bertz CT molecular complexity index is 1260. The Morgan fingerprint density at radius 2 is 1.94 bits per heavy atom. The molecule has 9 nitrogen and oxygen atoms in total. The summed E-state index contributed by atoms with van der Waals surface area (Å²) in [5.41, 5.74) is -0.811. The van der Waals surface area contributed by atoms with E-state index >= 15 is 0 Å². The molecule has 2 aromatic carbocycles. The smallest absolute Gasteiger partial charge is 0.416 e. The fraction of sp³-hybridized carbons (Fsp3) is 0.150. The van der Waals surface area contributed by atoms with Gasteiger partial charge in [-0.15, -0.1) is 10.2 Å². The number of carbonyl (C=O) groups is 1. The van der Waals surface area contributed by atoms with Gasteiger partial charge >= 0.3 is 6.18 Å². The molecule has 2 heterocycles. The third-order valence-corrected chi connectivity index (χ3v) is 5.03. The number of thioether (sulfide) groups is 1. The molecule has 14 heteroatoms. The molecular weight excluding hydrogens is 480 g/mol. The summed E-state index contributed by atoms with van der Waals surface area (Å²) in [6, 6.07) is 8.24. The molecule has 4 rings (SSSR count). The van der Waals surface area contributed by atoms with E-state index in [-0.39, 0.29) is 34.8 Å². The van der Waals surface area contributed by atoms with Crippen molar-refractivity contribution in [3.63, 3.8) is 0 Å². The molecule has 176 valence electrons. The molecule has 0 aliphatic rings. The van der Waals surface area contributed by atoms with E-state index in [0.29, 0.717) is 5.75 Å². The zero-order chi connectivity index (χ0) is 24.1. The van der Waals surface area contributed by atoms with Crippen LogP contribution in [0.3, 0.4) is 0 Å². The highest BCUT2D eigenvalue weighted by molar-refractivity contribution is 7.99. The van der Waals surface area contributed by atoms with E-state index in [9.17, 15) is 22.4 Å². The molecule has 0 unspecified atom stereocenters. The van der Waals surface area contributed by atoms with Crippen molar-refractivity contribution in [3.8, 4) is 11.4 Å². The zero-order valence-corrected chi connectivity index (χ0v) is 17.8. The van der Waals surface area contributed by atoms with E-state index in [4.69, 9.17) is 9.15 Å². The number of hydrogen-bond acceptors (Lipinski definition) is 8. The number of anilines is 1. The van der Waals surface area contributed by atoms with Crippen LogP contribution < -0.4 is 10.1 Å². The summed E-state index contributed by atoms with van der Waals surface area (Å²) in [6.45, 7) is -0.0725. The predicted octanol–water partition coefficient (Wildman–Crippen LogP) is 4.12. The van der Waals surface area contributed by atoms with Gasteiger partial charge in [-0.1, -0.05) is 11.8 Å². The normalized spacial score (nSPS) is 11.4. The molecule has 0 spiro atoms. The third-order valence-electron chi connectivity index (χ3n) is 4.21. The van der Waals surface area contributed by atoms with Gasteiger partial charge in [0.05, 0.1) is 22.7 Å². The summed E-state index contributed by atoms with van der Waals surface area (Å²) in [6.07, 6.45) is -2.08. The molecule has 0 saturated heterocycles. The number of hydrogen-bond donors (Lipinski definition) is 1. The van der Waals surface area contributed by atoms with Crippen molar-refractivity contribution in [1.29, 1.82) is 0 Å². The van der Waals surface area contributed by atoms with Gasteiger partial charge in [0.25, 0.3) is 11.1 Å². The molecule has 4 aromatic rings. The van der Waals surface area contributed by atoms with Crippen molar-refractivity contribution in [3.05, 3.63) is 72.4 Å². The standard InChI is InChI=1S/C20H14F4N6O3S/c21-13-2-4-14(5-3-13)32-8-18-28-29-19(33-18)34-9-17(31)27-15-7-12(20(22,23)24)1-6-16(15)30-11-25-10-26-30/h1-7,10-11H,8-9H2,(H,27,31). The summed E-state index contributed by atoms with van der Waals surface area (Å²) >= 11 is 0.891. The molecule has 1 N–H and O–H groups in total. The highest BCUT2D eigenvalue weighted by Crippen LogP contribution is 2.33. The number of halogens is 4. The topological polar surface area (TPSA) is 108 Å². The largest absolute Gasteiger partial charge is 0.484 e. The summed E-state index contributed by atoms with van der Waals surface area (Å²) in [7, 11) is 0. The Morgan fingerprint density at radius 3 is 2.65 bits per heavy atom. The first-order valence-electron chi connectivity index (χ1n) is 9.47. The lowest BCUT2D eigenvalue weighted by Gasteiger charge is -2.14. The Balaban J connectivity index is 1.37. The van der Waals surface area contributed by atoms with Gasteiger partial charge in [0.1, 0.15) is 24.2 Å². The van der Waals surface area contributed by atoms with Gasteiger partial charge < -0.3 is 14.5 Å². The Hall–Kier alpha value is -3.94. The van der Waals surface area contributed by atoms with Gasteiger partial charge in [-0.2, -0.15) is 18.3 Å². The van der Waals surface area contributed by atoms with Crippen molar-refractivity contribution >= 4 is 23.4 Å². The van der Waals surface area contributed by atoms with Crippen LogP contribution in [0.4, 0.5) is 23.2 Å². The van der Waals surface area contributed by atoms with Gasteiger partial charge in [-0.05, 0) is 42.5 Å². The van der Waals surface area contributed by atoms with Crippen molar-refractivity contribution < 1.29 is 31.5 Å². The van der Waals surface area contributed by atoms with Crippen molar-refractivity contribution in [1.82, 2.24) is 25.0 Å². The van der Waals surface area contributed by atoms with Crippen LogP contribution in [-0.2, 0) is 17.6 Å².